The molecule has 1 aromatic rings. The summed E-state index contributed by atoms with van der Waals surface area (Å²) in [5.74, 6) is -1.22. The van der Waals surface area contributed by atoms with Gasteiger partial charge in [-0.2, -0.15) is 0 Å². The fraction of sp³-hybridized carbons (Fsp3) is 0. The molecule has 1 atom stereocenters. The second kappa shape index (κ2) is 5.34. The van der Waals surface area contributed by atoms with Crippen LogP contribution in [0.1, 0.15) is 5.56 Å². The minimum Gasteiger partial charge on any atom is -0.478 e. The first-order valence-electron chi connectivity index (χ1n) is 3.99. The van der Waals surface area contributed by atoms with E-state index in [-0.39, 0.29) is 5.57 Å². The van der Waals surface area contributed by atoms with Crippen LogP contribution in [0.3, 0.4) is 0 Å². The average molecular weight is 228 g/mol. The maximum atomic E-state index is 10.8. The number of hydrogen-bond donors (Lipinski definition) is 2. The molecule has 0 aliphatic carbocycles. The van der Waals surface area contributed by atoms with Gasteiger partial charge in [-0.1, -0.05) is 30.3 Å². The number of carboxylic acid groups (broad SMARTS) is 1. The molecular formula is C9H9O5P. The summed E-state index contributed by atoms with van der Waals surface area (Å²) in [5, 5.41) is 8.82. The van der Waals surface area contributed by atoms with Crippen LogP contribution < -0.4 is 0 Å². The van der Waals surface area contributed by atoms with Crippen LogP contribution in [0.25, 0.3) is 5.57 Å². The summed E-state index contributed by atoms with van der Waals surface area (Å²) in [7, 11) is -3.16. The van der Waals surface area contributed by atoms with E-state index in [0.29, 0.717) is 5.56 Å². The lowest BCUT2D eigenvalue weighted by Crippen LogP contribution is -1.99. The molecule has 0 aliphatic rings. The van der Waals surface area contributed by atoms with Gasteiger partial charge in [0.2, 0.25) is 0 Å². The van der Waals surface area contributed by atoms with Crippen molar-refractivity contribution >= 4 is 19.8 Å². The normalized spacial score (nSPS) is 13.3. The Morgan fingerprint density at radius 2 is 1.93 bits per heavy atom. The number of carbonyl (C=O) groups is 1. The maximum Gasteiger partial charge on any atom is 0.364 e. The van der Waals surface area contributed by atoms with E-state index in [0.717, 1.165) is 6.26 Å². The van der Waals surface area contributed by atoms with Crippen molar-refractivity contribution in [2.45, 2.75) is 0 Å². The zero-order valence-corrected chi connectivity index (χ0v) is 8.58. The molecule has 1 unspecified atom stereocenters. The first-order chi connectivity index (χ1) is 7.11. The van der Waals surface area contributed by atoms with Crippen molar-refractivity contribution in [1.29, 1.82) is 0 Å². The molecular weight excluding hydrogens is 219 g/mol. The highest BCUT2D eigenvalue weighted by molar-refractivity contribution is 7.32. The SMILES string of the molecule is O=C(O)/C(=C\O[PH](=O)O)c1ccccc1. The van der Waals surface area contributed by atoms with Crippen molar-refractivity contribution in [3.63, 3.8) is 0 Å². The third-order valence-electron chi connectivity index (χ3n) is 1.59. The molecule has 80 valence electrons. The van der Waals surface area contributed by atoms with E-state index in [1.807, 2.05) is 0 Å². The summed E-state index contributed by atoms with van der Waals surface area (Å²) in [6.07, 6.45) is 0.777. The highest BCUT2D eigenvalue weighted by atomic mass is 31.1. The summed E-state index contributed by atoms with van der Waals surface area (Å²) >= 11 is 0. The second-order valence-corrected chi connectivity index (χ2v) is 3.35. The van der Waals surface area contributed by atoms with Gasteiger partial charge in [-0.3, -0.25) is 0 Å². The van der Waals surface area contributed by atoms with Crippen LogP contribution >= 0.6 is 8.25 Å². The molecule has 2 N–H and O–H groups in total. The molecule has 0 aliphatic heterocycles. The van der Waals surface area contributed by atoms with Crippen molar-refractivity contribution in [2.75, 3.05) is 0 Å². The van der Waals surface area contributed by atoms with Gasteiger partial charge in [-0.15, -0.1) is 0 Å². The minimum atomic E-state index is -3.16. The van der Waals surface area contributed by atoms with Crippen molar-refractivity contribution in [2.24, 2.45) is 0 Å². The van der Waals surface area contributed by atoms with Gasteiger partial charge >= 0.3 is 14.2 Å². The first-order valence-corrected chi connectivity index (χ1v) is 5.26. The molecule has 15 heavy (non-hydrogen) atoms. The highest BCUT2D eigenvalue weighted by Gasteiger charge is 2.10. The lowest BCUT2D eigenvalue weighted by Gasteiger charge is -2.01. The number of rotatable bonds is 4. The molecule has 0 heterocycles. The van der Waals surface area contributed by atoms with E-state index >= 15 is 0 Å². The Bertz CT molecular complexity index is 398. The van der Waals surface area contributed by atoms with Gasteiger partial charge in [-0.05, 0) is 5.56 Å². The van der Waals surface area contributed by atoms with Crippen LogP contribution in [0.5, 0.6) is 0 Å². The predicted molar refractivity (Wildman–Crippen MR) is 54.4 cm³/mol. The summed E-state index contributed by atoms with van der Waals surface area (Å²) in [6.45, 7) is 0. The van der Waals surface area contributed by atoms with E-state index in [4.69, 9.17) is 10.00 Å². The van der Waals surface area contributed by atoms with Gasteiger partial charge in [0.15, 0.2) is 0 Å². The van der Waals surface area contributed by atoms with Crippen molar-refractivity contribution < 1.29 is 23.9 Å². The molecule has 0 saturated carbocycles. The van der Waals surface area contributed by atoms with Gasteiger partial charge in [0.25, 0.3) is 0 Å². The van der Waals surface area contributed by atoms with Crippen molar-refractivity contribution in [3.8, 4) is 0 Å². The van der Waals surface area contributed by atoms with Crippen LogP contribution in [-0.2, 0) is 13.9 Å². The summed E-state index contributed by atoms with van der Waals surface area (Å²) in [6, 6.07) is 8.19. The quantitative estimate of drug-likeness (QED) is 0.463. The fourth-order valence-corrected chi connectivity index (χ4v) is 1.19. The molecule has 0 aromatic heterocycles. The lowest BCUT2D eigenvalue weighted by molar-refractivity contribution is -0.130. The standard InChI is InChI=1S/C9H9O5P/c10-9(11)8(6-14-15(12)13)7-4-2-1-3-5-7/h1-6,15H,(H,10,11)(H,12,13)/b8-6-. The molecule has 0 spiro atoms. The minimum absolute atomic E-state index is 0.164. The Balaban J connectivity index is 2.99. The molecule has 6 heteroatoms. The zero-order chi connectivity index (χ0) is 11.3. The Kier molecular flexibility index (Phi) is 4.09. The number of carboxylic acids is 1. The first kappa shape index (κ1) is 11.5. The molecule has 5 nitrogen and oxygen atoms in total. The van der Waals surface area contributed by atoms with Gasteiger partial charge in [-0.25, -0.2) is 9.36 Å². The Morgan fingerprint density at radius 1 is 1.33 bits per heavy atom. The van der Waals surface area contributed by atoms with Crippen LogP contribution in [0.15, 0.2) is 36.6 Å². The summed E-state index contributed by atoms with van der Waals surface area (Å²) in [4.78, 5) is 19.2. The average Bonchev–Trinajstić information content (AvgIpc) is 2.18. The third-order valence-corrected chi connectivity index (χ3v) is 1.91. The molecule has 0 fully saturated rings. The van der Waals surface area contributed by atoms with Crippen LogP contribution in [0.2, 0.25) is 0 Å². The number of benzene rings is 1. The van der Waals surface area contributed by atoms with Crippen molar-refractivity contribution in [1.82, 2.24) is 0 Å². The molecule has 1 rings (SSSR count). The molecule has 0 amide bonds. The van der Waals surface area contributed by atoms with E-state index in [2.05, 4.69) is 4.52 Å². The van der Waals surface area contributed by atoms with E-state index < -0.39 is 14.2 Å². The summed E-state index contributed by atoms with van der Waals surface area (Å²) in [5.41, 5.74) is 0.247. The lowest BCUT2D eigenvalue weighted by atomic mass is 10.1. The van der Waals surface area contributed by atoms with Crippen molar-refractivity contribution in [3.05, 3.63) is 42.2 Å². The summed E-state index contributed by atoms with van der Waals surface area (Å²) < 4.78 is 14.6. The third kappa shape index (κ3) is 3.58. The van der Waals surface area contributed by atoms with Crippen LogP contribution in [0.4, 0.5) is 0 Å². The zero-order valence-electron chi connectivity index (χ0n) is 7.58. The Hall–Kier alpha value is -1.58. The van der Waals surface area contributed by atoms with Crippen LogP contribution in [-0.4, -0.2) is 16.0 Å². The topological polar surface area (TPSA) is 83.8 Å². The largest absolute Gasteiger partial charge is 0.478 e. The van der Waals surface area contributed by atoms with Crippen LogP contribution in [0, 0.1) is 0 Å². The van der Waals surface area contributed by atoms with Gasteiger partial charge < -0.3 is 14.5 Å². The Labute approximate surface area is 86.6 Å². The van der Waals surface area contributed by atoms with E-state index in [9.17, 15) is 9.36 Å². The molecule has 1 aromatic carbocycles. The Morgan fingerprint density at radius 3 is 2.40 bits per heavy atom. The molecule has 0 bridgehead atoms. The highest BCUT2D eigenvalue weighted by Crippen LogP contribution is 2.20. The molecule has 0 saturated heterocycles. The van der Waals surface area contributed by atoms with Gasteiger partial charge in [0.1, 0.15) is 11.8 Å². The van der Waals surface area contributed by atoms with E-state index in [1.54, 1.807) is 30.3 Å². The second-order valence-electron chi connectivity index (χ2n) is 2.59. The number of hydrogen-bond acceptors (Lipinski definition) is 3. The number of aliphatic carboxylic acids is 1. The smallest absolute Gasteiger partial charge is 0.364 e. The predicted octanol–water partition coefficient (Wildman–Crippen LogP) is 1.51. The van der Waals surface area contributed by atoms with Gasteiger partial charge in [0, 0.05) is 0 Å². The monoisotopic (exact) mass is 228 g/mol. The molecule has 0 radical (unpaired) electrons. The fourth-order valence-electron chi connectivity index (χ4n) is 0.969. The van der Waals surface area contributed by atoms with E-state index in [1.165, 1.54) is 0 Å². The van der Waals surface area contributed by atoms with Gasteiger partial charge in [0.05, 0.1) is 0 Å². The maximum absolute atomic E-state index is 10.8.